The van der Waals surface area contributed by atoms with Crippen molar-refractivity contribution < 1.29 is 14.6 Å². The Morgan fingerprint density at radius 2 is 2.12 bits per heavy atom. The summed E-state index contributed by atoms with van der Waals surface area (Å²) in [5.74, 6) is 0. The first kappa shape index (κ1) is 12.6. The van der Waals surface area contributed by atoms with Gasteiger partial charge >= 0.3 is 6.09 Å². The molecule has 1 saturated carbocycles. The quantitative estimate of drug-likeness (QED) is 0.749. The van der Waals surface area contributed by atoms with E-state index in [1.54, 1.807) is 0 Å². The van der Waals surface area contributed by atoms with Crippen LogP contribution in [0.3, 0.4) is 0 Å². The first-order valence-electron chi connectivity index (χ1n) is 6.47. The second-order valence-electron chi connectivity index (χ2n) is 5.04. The highest BCUT2D eigenvalue weighted by molar-refractivity contribution is 5.67. The molecule has 17 heavy (non-hydrogen) atoms. The highest BCUT2D eigenvalue weighted by Crippen LogP contribution is 2.26. The maximum absolute atomic E-state index is 11.1. The number of carbonyl (C=O) groups excluding carboxylic acids is 1. The number of hydrogen-bond donors (Lipinski definition) is 2. The van der Waals surface area contributed by atoms with Crippen LogP contribution in [0, 0.1) is 0 Å². The van der Waals surface area contributed by atoms with Crippen LogP contribution in [0.15, 0.2) is 0 Å². The molecule has 0 aromatic carbocycles. The normalized spacial score (nSPS) is 34.6. The van der Waals surface area contributed by atoms with E-state index in [0.29, 0.717) is 0 Å². The Balaban J connectivity index is 1.82. The van der Waals surface area contributed by atoms with Gasteiger partial charge in [0.15, 0.2) is 0 Å². The lowest BCUT2D eigenvalue weighted by Gasteiger charge is -2.35. The summed E-state index contributed by atoms with van der Waals surface area (Å²) in [6, 6.07) is 0.449. The first-order chi connectivity index (χ1) is 8.20. The van der Waals surface area contributed by atoms with Gasteiger partial charge in [-0.15, -0.1) is 0 Å². The van der Waals surface area contributed by atoms with Gasteiger partial charge in [0, 0.05) is 25.2 Å². The summed E-state index contributed by atoms with van der Waals surface area (Å²) in [5, 5.41) is 12.8. The van der Waals surface area contributed by atoms with Crippen LogP contribution >= 0.6 is 0 Å². The second-order valence-corrected chi connectivity index (χ2v) is 5.04. The molecule has 1 unspecified atom stereocenters. The van der Waals surface area contributed by atoms with Crippen molar-refractivity contribution in [2.24, 2.45) is 0 Å². The zero-order chi connectivity index (χ0) is 12.3. The molecule has 1 heterocycles. The first-order valence-corrected chi connectivity index (χ1v) is 6.47. The number of likely N-dealkylation sites (tertiary alicyclic amines) is 1. The molecule has 0 radical (unpaired) electrons. The van der Waals surface area contributed by atoms with Crippen LogP contribution in [0.25, 0.3) is 0 Å². The Hall–Kier alpha value is -0.810. The van der Waals surface area contributed by atoms with Crippen LogP contribution in [0.5, 0.6) is 0 Å². The molecule has 2 rings (SSSR count). The Kier molecular flexibility index (Phi) is 4.23. The number of amides is 1. The Morgan fingerprint density at radius 3 is 2.82 bits per heavy atom. The number of nitrogens with one attached hydrogen (secondary N) is 1. The minimum atomic E-state index is -0.360. The van der Waals surface area contributed by atoms with Gasteiger partial charge in [-0.05, 0) is 19.3 Å². The van der Waals surface area contributed by atoms with Crippen LogP contribution in [0.2, 0.25) is 0 Å². The van der Waals surface area contributed by atoms with Crippen LogP contribution in [-0.4, -0.2) is 54.5 Å². The largest absolute Gasteiger partial charge is 0.453 e. The van der Waals surface area contributed by atoms with E-state index in [9.17, 15) is 9.90 Å². The zero-order valence-corrected chi connectivity index (χ0v) is 10.4. The minimum absolute atomic E-state index is 0.163. The molecule has 98 valence electrons. The average molecular weight is 242 g/mol. The summed E-state index contributed by atoms with van der Waals surface area (Å²) < 4.78 is 4.60. The van der Waals surface area contributed by atoms with Crippen molar-refractivity contribution in [3.63, 3.8) is 0 Å². The van der Waals surface area contributed by atoms with E-state index < -0.39 is 0 Å². The van der Waals surface area contributed by atoms with Crippen molar-refractivity contribution in [2.45, 2.75) is 50.3 Å². The molecular formula is C12H22N2O3. The fraction of sp³-hybridized carbons (Fsp3) is 0.917. The van der Waals surface area contributed by atoms with Gasteiger partial charge in [-0.25, -0.2) is 4.79 Å². The fourth-order valence-electron chi connectivity index (χ4n) is 2.95. The Morgan fingerprint density at radius 1 is 1.35 bits per heavy atom. The molecule has 0 bridgehead atoms. The van der Waals surface area contributed by atoms with Gasteiger partial charge in [0.1, 0.15) is 0 Å². The number of rotatable bonds is 2. The maximum Gasteiger partial charge on any atom is 0.407 e. The topological polar surface area (TPSA) is 61.8 Å². The average Bonchev–Trinajstić information content (AvgIpc) is 2.78. The van der Waals surface area contributed by atoms with E-state index in [-0.39, 0.29) is 24.3 Å². The van der Waals surface area contributed by atoms with Gasteiger partial charge < -0.3 is 15.2 Å². The van der Waals surface area contributed by atoms with Gasteiger partial charge in [0.05, 0.1) is 13.2 Å². The van der Waals surface area contributed by atoms with Crippen LogP contribution < -0.4 is 5.32 Å². The molecule has 0 aromatic heterocycles. The number of methoxy groups -OCH3 is 1. The van der Waals surface area contributed by atoms with Gasteiger partial charge in [0.2, 0.25) is 0 Å². The van der Waals surface area contributed by atoms with Gasteiger partial charge in [0.25, 0.3) is 0 Å². The molecule has 1 aliphatic carbocycles. The highest BCUT2D eigenvalue weighted by atomic mass is 16.5. The van der Waals surface area contributed by atoms with E-state index in [1.165, 1.54) is 13.5 Å². The third-order valence-electron chi connectivity index (χ3n) is 3.89. The molecule has 2 fully saturated rings. The summed E-state index contributed by atoms with van der Waals surface area (Å²) in [7, 11) is 1.38. The lowest BCUT2D eigenvalue weighted by Crippen LogP contribution is -2.46. The molecule has 1 amide bonds. The number of carbonyl (C=O) groups is 1. The van der Waals surface area contributed by atoms with Crippen molar-refractivity contribution in [1.82, 2.24) is 10.2 Å². The summed E-state index contributed by atoms with van der Waals surface area (Å²) in [6.45, 7) is 1.78. The molecule has 5 nitrogen and oxygen atoms in total. The standard InChI is InChI=1S/C12H22N2O3/c1-17-12(16)13-9-6-7-14(8-9)10-4-2-3-5-11(10)15/h9-11,15H,2-8H2,1H3,(H,13,16)/t9?,10-,11-/m1/s1. The molecular weight excluding hydrogens is 220 g/mol. The predicted octanol–water partition coefficient (Wildman–Crippen LogP) is 0.720. The number of ether oxygens (including phenoxy) is 1. The Bertz CT molecular complexity index is 272. The van der Waals surface area contributed by atoms with Crippen molar-refractivity contribution in [1.29, 1.82) is 0 Å². The third-order valence-corrected chi connectivity index (χ3v) is 3.89. The van der Waals surface area contributed by atoms with E-state index >= 15 is 0 Å². The number of hydrogen-bond acceptors (Lipinski definition) is 4. The maximum atomic E-state index is 11.1. The van der Waals surface area contributed by atoms with E-state index in [0.717, 1.165) is 38.8 Å². The van der Waals surface area contributed by atoms with Crippen LogP contribution in [-0.2, 0) is 4.74 Å². The van der Waals surface area contributed by atoms with Gasteiger partial charge in [-0.2, -0.15) is 0 Å². The number of aliphatic hydroxyl groups excluding tert-OH is 1. The van der Waals surface area contributed by atoms with E-state index in [2.05, 4.69) is 15.0 Å². The summed E-state index contributed by atoms with van der Waals surface area (Å²) in [5.41, 5.74) is 0. The smallest absolute Gasteiger partial charge is 0.407 e. The third kappa shape index (κ3) is 3.10. The molecule has 5 heteroatoms. The molecule has 1 saturated heterocycles. The molecule has 1 aliphatic heterocycles. The van der Waals surface area contributed by atoms with Crippen molar-refractivity contribution in [3.05, 3.63) is 0 Å². The highest BCUT2D eigenvalue weighted by Gasteiger charge is 2.34. The van der Waals surface area contributed by atoms with Crippen molar-refractivity contribution in [2.75, 3.05) is 20.2 Å². The number of aliphatic hydroxyl groups is 1. The monoisotopic (exact) mass is 242 g/mol. The van der Waals surface area contributed by atoms with Gasteiger partial charge in [-0.3, -0.25) is 4.90 Å². The van der Waals surface area contributed by atoms with Crippen LogP contribution in [0.4, 0.5) is 4.79 Å². The number of alkyl carbamates (subject to hydrolysis) is 1. The molecule has 2 aliphatic rings. The fourth-order valence-corrected chi connectivity index (χ4v) is 2.95. The second kappa shape index (κ2) is 5.69. The summed E-state index contributed by atoms with van der Waals surface area (Å²) >= 11 is 0. The van der Waals surface area contributed by atoms with Gasteiger partial charge in [-0.1, -0.05) is 12.8 Å². The number of nitrogens with zero attached hydrogens (tertiary/aromatic N) is 1. The summed E-state index contributed by atoms with van der Waals surface area (Å²) in [6.07, 6.45) is 4.71. The minimum Gasteiger partial charge on any atom is -0.453 e. The molecule has 0 spiro atoms. The lowest BCUT2D eigenvalue weighted by molar-refractivity contribution is 0.0302. The van der Waals surface area contributed by atoms with Crippen molar-refractivity contribution in [3.8, 4) is 0 Å². The van der Waals surface area contributed by atoms with Crippen molar-refractivity contribution >= 4 is 6.09 Å². The SMILES string of the molecule is COC(=O)NC1CCN([C@@H]2CCCC[C@H]2O)C1. The molecule has 2 N–H and O–H groups in total. The van der Waals surface area contributed by atoms with Crippen LogP contribution in [0.1, 0.15) is 32.1 Å². The van der Waals surface area contributed by atoms with E-state index in [4.69, 9.17) is 0 Å². The summed E-state index contributed by atoms with van der Waals surface area (Å²) in [4.78, 5) is 13.4. The Labute approximate surface area is 102 Å². The van der Waals surface area contributed by atoms with E-state index in [1.807, 2.05) is 0 Å². The molecule has 0 aromatic rings. The lowest BCUT2D eigenvalue weighted by atomic mass is 9.91. The molecule has 3 atom stereocenters. The predicted molar refractivity (Wildman–Crippen MR) is 63.8 cm³/mol. The zero-order valence-electron chi connectivity index (χ0n) is 10.4.